The monoisotopic (exact) mass is 373 g/mol. The van der Waals surface area contributed by atoms with Crippen LogP contribution in [0.15, 0.2) is 34.9 Å². The molecule has 3 atom stereocenters. The van der Waals surface area contributed by atoms with Gasteiger partial charge in [-0.15, -0.1) is 0 Å². The van der Waals surface area contributed by atoms with Crippen molar-refractivity contribution in [3.05, 3.63) is 51.6 Å². The molecule has 2 aromatic rings. The normalized spacial score (nSPS) is 24.5. The van der Waals surface area contributed by atoms with Crippen molar-refractivity contribution in [1.29, 1.82) is 0 Å². The number of pyridine rings is 1. The third-order valence-electron chi connectivity index (χ3n) is 5.76. The van der Waals surface area contributed by atoms with Gasteiger partial charge in [0.25, 0.3) is 0 Å². The first-order chi connectivity index (χ1) is 11.0. The molecule has 4 rings (SSSR count). The number of rotatable bonds is 3. The van der Waals surface area contributed by atoms with E-state index < -0.39 is 5.67 Å². The molecule has 2 aliphatic carbocycles. The molecule has 0 saturated heterocycles. The van der Waals surface area contributed by atoms with Crippen LogP contribution in [0.25, 0.3) is 11.3 Å². The molecular formula is C20H21BrFN. The largest absolute Gasteiger partial charge is 0.256 e. The Morgan fingerprint density at radius 1 is 1.22 bits per heavy atom. The van der Waals surface area contributed by atoms with Crippen LogP contribution in [0.4, 0.5) is 4.39 Å². The van der Waals surface area contributed by atoms with Crippen molar-refractivity contribution in [2.75, 3.05) is 0 Å². The van der Waals surface area contributed by atoms with E-state index in [0.29, 0.717) is 18.3 Å². The van der Waals surface area contributed by atoms with Gasteiger partial charge in [0.2, 0.25) is 0 Å². The third kappa shape index (κ3) is 2.44. The minimum atomic E-state index is -1.34. The quantitative estimate of drug-likeness (QED) is 0.600. The molecule has 1 aromatic carbocycles. The first-order valence-electron chi connectivity index (χ1n) is 8.48. The molecule has 0 N–H and O–H groups in total. The van der Waals surface area contributed by atoms with Crippen molar-refractivity contribution in [2.24, 2.45) is 0 Å². The highest BCUT2D eigenvalue weighted by Crippen LogP contribution is 2.53. The second-order valence-corrected chi connectivity index (χ2v) is 8.06. The highest BCUT2D eigenvalue weighted by atomic mass is 79.9. The number of aromatic nitrogens is 1. The van der Waals surface area contributed by atoms with Gasteiger partial charge < -0.3 is 0 Å². The van der Waals surface area contributed by atoms with E-state index in [1.54, 1.807) is 6.92 Å². The van der Waals surface area contributed by atoms with Gasteiger partial charge >= 0.3 is 0 Å². The van der Waals surface area contributed by atoms with Gasteiger partial charge in [0.1, 0.15) is 5.67 Å². The minimum absolute atomic E-state index is 0.456. The fourth-order valence-electron chi connectivity index (χ4n) is 4.24. The average Bonchev–Trinajstić information content (AvgIpc) is 3.16. The van der Waals surface area contributed by atoms with Crippen LogP contribution in [-0.4, -0.2) is 4.98 Å². The summed E-state index contributed by atoms with van der Waals surface area (Å²) >= 11 is 3.53. The molecule has 1 fully saturated rings. The maximum absolute atomic E-state index is 15.0. The fraction of sp³-hybridized carbons (Fsp3) is 0.450. The summed E-state index contributed by atoms with van der Waals surface area (Å²) in [5.41, 5.74) is 4.10. The van der Waals surface area contributed by atoms with E-state index in [0.717, 1.165) is 21.3 Å². The van der Waals surface area contributed by atoms with E-state index in [2.05, 4.69) is 22.0 Å². The molecule has 1 heterocycles. The highest BCUT2D eigenvalue weighted by molar-refractivity contribution is 9.10. The van der Waals surface area contributed by atoms with Crippen molar-refractivity contribution in [3.8, 4) is 11.3 Å². The molecule has 1 aromatic heterocycles. The van der Waals surface area contributed by atoms with Gasteiger partial charge in [-0.1, -0.05) is 28.9 Å². The lowest BCUT2D eigenvalue weighted by Crippen LogP contribution is -2.15. The number of fused-ring (bicyclic) bond motifs is 5. The molecule has 0 radical (unpaired) electrons. The summed E-state index contributed by atoms with van der Waals surface area (Å²) in [6.07, 6.45) is 6.38. The molecule has 1 saturated carbocycles. The summed E-state index contributed by atoms with van der Waals surface area (Å²) in [6, 6.07) is 8.03. The average molecular weight is 374 g/mol. The zero-order valence-electron chi connectivity index (χ0n) is 13.6. The number of nitrogens with zero attached hydrogens (tertiary/aromatic N) is 1. The predicted octanol–water partition coefficient (Wildman–Crippen LogP) is 6.47. The molecule has 0 aliphatic heterocycles. The lowest BCUT2D eigenvalue weighted by molar-refractivity contribution is 0.186. The van der Waals surface area contributed by atoms with E-state index in [1.165, 1.54) is 30.4 Å². The Morgan fingerprint density at radius 2 is 1.96 bits per heavy atom. The van der Waals surface area contributed by atoms with Crippen LogP contribution in [0.5, 0.6) is 0 Å². The van der Waals surface area contributed by atoms with E-state index in [-0.39, 0.29) is 0 Å². The van der Waals surface area contributed by atoms with Gasteiger partial charge in [0, 0.05) is 16.2 Å². The maximum Gasteiger partial charge on any atom is 0.133 e. The smallest absolute Gasteiger partial charge is 0.133 e. The van der Waals surface area contributed by atoms with Crippen molar-refractivity contribution < 1.29 is 4.39 Å². The van der Waals surface area contributed by atoms with Crippen LogP contribution in [0.3, 0.4) is 0 Å². The molecular weight excluding hydrogens is 353 g/mol. The minimum Gasteiger partial charge on any atom is -0.256 e. The van der Waals surface area contributed by atoms with E-state index in [4.69, 9.17) is 4.98 Å². The molecule has 3 unspecified atom stereocenters. The second kappa shape index (κ2) is 5.41. The van der Waals surface area contributed by atoms with E-state index in [1.807, 2.05) is 31.3 Å². The Morgan fingerprint density at radius 3 is 2.70 bits per heavy atom. The van der Waals surface area contributed by atoms with Gasteiger partial charge in [-0.3, -0.25) is 4.98 Å². The van der Waals surface area contributed by atoms with Crippen LogP contribution in [0, 0.1) is 0 Å². The Kier molecular flexibility index (Phi) is 3.60. The summed E-state index contributed by atoms with van der Waals surface area (Å²) in [4.78, 5) is 4.70. The van der Waals surface area contributed by atoms with Crippen molar-refractivity contribution in [3.63, 3.8) is 0 Å². The number of hydrogen-bond donors (Lipinski definition) is 0. The van der Waals surface area contributed by atoms with Crippen LogP contribution in [0.2, 0.25) is 0 Å². The zero-order chi connectivity index (χ0) is 16.2. The maximum atomic E-state index is 15.0. The number of halogens is 2. The summed E-state index contributed by atoms with van der Waals surface area (Å²) in [6.45, 7) is 3.55. The zero-order valence-corrected chi connectivity index (χ0v) is 15.2. The molecule has 1 nitrogen and oxygen atoms in total. The Bertz CT molecular complexity index is 768. The SMILES string of the molecule is CCC(C)(F)c1ccc(Br)cc1-c1cc2c(cn1)C1CCC2C1. The van der Waals surface area contributed by atoms with Gasteiger partial charge in [-0.25, -0.2) is 4.39 Å². The predicted molar refractivity (Wildman–Crippen MR) is 95.5 cm³/mol. The van der Waals surface area contributed by atoms with Gasteiger partial charge in [-0.2, -0.15) is 0 Å². The Balaban J connectivity index is 1.86. The van der Waals surface area contributed by atoms with Crippen LogP contribution in [0.1, 0.15) is 68.1 Å². The van der Waals surface area contributed by atoms with Gasteiger partial charge in [0.15, 0.2) is 0 Å². The number of alkyl halides is 1. The van der Waals surface area contributed by atoms with Crippen LogP contribution in [-0.2, 0) is 5.67 Å². The Hall–Kier alpha value is -1.22. The third-order valence-corrected chi connectivity index (χ3v) is 6.26. The standard InChI is InChI=1S/C20H21BrFN/c1-3-20(2,22)18-7-6-14(21)9-16(18)19-10-15-12-4-5-13(8-12)17(15)11-23-19/h6-7,9-13H,3-5,8H2,1-2H3. The number of benzene rings is 1. The summed E-state index contributed by atoms with van der Waals surface area (Å²) in [7, 11) is 0. The van der Waals surface area contributed by atoms with E-state index >= 15 is 4.39 Å². The molecule has 0 amide bonds. The summed E-state index contributed by atoms with van der Waals surface area (Å²) < 4.78 is 16.0. The van der Waals surface area contributed by atoms with Gasteiger partial charge in [0.05, 0.1) is 5.69 Å². The second-order valence-electron chi connectivity index (χ2n) is 7.15. The Labute approximate surface area is 145 Å². The summed E-state index contributed by atoms with van der Waals surface area (Å²) in [5.74, 6) is 1.40. The van der Waals surface area contributed by atoms with Crippen LogP contribution < -0.4 is 0 Å². The lowest BCUT2D eigenvalue weighted by Gasteiger charge is -2.23. The first kappa shape index (κ1) is 15.3. The van der Waals surface area contributed by atoms with E-state index in [9.17, 15) is 0 Å². The first-order valence-corrected chi connectivity index (χ1v) is 9.28. The molecule has 2 aliphatic rings. The molecule has 0 spiro atoms. The van der Waals surface area contributed by atoms with Crippen molar-refractivity contribution in [2.45, 2.75) is 57.0 Å². The molecule has 3 heteroatoms. The molecule has 120 valence electrons. The topological polar surface area (TPSA) is 12.9 Å². The van der Waals surface area contributed by atoms with Crippen molar-refractivity contribution >= 4 is 15.9 Å². The summed E-state index contributed by atoms with van der Waals surface area (Å²) in [5, 5.41) is 0. The molecule has 23 heavy (non-hydrogen) atoms. The lowest BCUT2D eigenvalue weighted by atomic mass is 9.87. The molecule has 2 bridgehead atoms. The van der Waals surface area contributed by atoms with Crippen LogP contribution >= 0.6 is 15.9 Å². The van der Waals surface area contributed by atoms with Gasteiger partial charge in [-0.05, 0) is 79.3 Å². The fourth-order valence-corrected chi connectivity index (χ4v) is 4.60. The van der Waals surface area contributed by atoms with Crippen molar-refractivity contribution in [1.82, 2.24) is 4.98 Å². The number of hydrogen-bond acceptors (Lipinski definition) is 1. The highest BCUT2D eigenvalue weighted by Gasteiger charge is 2.37.